The highest BCUT2D eigenvalue weighted by Crippen LogP contribution is 2.50. The molecule has 2 aliphatic carbocycles. The van der Waals surface area contributed by atoms with Crippen LogP contribution in [0.4, 0.5) is 0 Å². The van der Waals surface area contributed by atoms with Crippen LogP contribution in [0.1, 0.15) is 84.0 Å². The Morgan fingerprint density at radius 1 is 0.824 bits per heavy atom. The van der Waals surface area contributed by atoms with E-state index in [9.17, 15) is 0 Å². The zero-order valence-corrected chi connectivity index (χ0v) is 12.9. The molecule has 1 unspecified atom stereocenters. The Labute approximate surface area is 111 Å². The fraction of sp³-hybridized carbons (Fsp3) is 1.00. The van der Waals surface area contributed by atoms with E-state index in [4.69, 9.17) is 0 Å². The molecule has 2 saturated carbocycles. The predicted molar refractivity (Wildman–Crippen MR) is 80.5 cm³/mol. The third kappa shape index (κ3) is 3.25. The van der Waals surface area contributed by atoms with E-state index in [1.807, 2.05) is 0 Å². The first kappa shape index (κ1) is 13.9. The number of hydrogen-bond acceptors (Lipinski definition) is 0. The molecule has 0 nitrogen and oxygen atoms in total. The van der Waals surface area contributed by atoms with Gasteiger partial charge in [0.2, 0.25) is 0 Å². The molecule has 17 heavy (non-hydrogen) atoms. The maximum Gasteiger partial charge on any atom is -0.00939 e. The van der Waals surface area contributed by atoms with Gasteiger partial charge in [0, 0.05) is 0 Å². The van der Waals surface area contributed by atoms with Gasteiger partial charge in [0.25, 0.3) is 0 Å². The van der Waals surface area contributed by atoms with Crippen molar-refractivity contribution in [3.63, 3.8) is 0 Å². The lowest BCUT2D eigenvalue weighted by Gasteiger charge is -2.47. The molecule has 0 aromatic heterocycles. The van der Waals surface area contributed by atoms with E-state index in [1.54, 1.807) is 0 Å². The Balaban J connectivity index is 2.05. The van der Waals surface area contributed by atoms with E-state index >= 15 is 0 Å². The number of hydrogen-bond donors (Lipinski definition) is 0. The molecule has 0 spiro atoms. The molecular weight excluding hydrogens is 223 g/mol. The van der Waals surface area contributed by atoms with Crippen molar-refractivity contribution in [2.45, 2.75) is 89.1 Å². The molecule has 1 heteroatoms. The fourth-order valence-corrected chi connectivity index (χ4v) is 5.41. The van der Waals surface area contributed by atoms with Crippen LogP contribution in [-0.4, -0.2) is 5.16 Å². The maximum absolute atomic E-state index is 3.37. The van der Waals surface area contributed by atoms with Gasteiger partial charge in [0.05, 0.1) is 0 Å². The lowest BCUT2D eigenvalue weighted by atomic mass is 9.67. The molecule has 1 atom stereocenters. The van der Waals surface area contributed by atoms with E-state index in [-0.39, 0.29) is 0 Å². The first-order valence-electron chi connectivity index (χ1n) is 8.06. The third-order valence-electron chi connectivity index (χ3n) is 5.41. The summed E-state index contributed by atoms with van der Waals surface area (Å²) in [5.41, 5.74) is 0. The van der Waals surface area contributed by atoms with Gasteiger partial charge in [-0.3, -0.25) is 0 Å². The van der Waals surface area contributed by atoms with Crippen molar-refractivity contribution in [2.24, 2.45) is 11.8 Å². The predicted octanol–water partition coefficient (Wildman–Crippen LogP) is 5.56. The average molecular weight is 254 g/mol. The zero-order valence-electron chi connectivity index (χ0n) is 11.7. The molecule has 2 rings (SSSR count). The topological polar surface area (TPSA) is 0 Å². The summed E-state index contributed by atoms with van der Waals surface area (Å²) in [4.78, 5) is 0. The standard InChI is InChI=1S/C16H31P/c1-2-13-16(17,14-9-5-3-6-10-14)15-11-7-4-8-12-15/h14-15H,2-13,17H2,1H3. The zero-order chi connectivity index (χ0) is 12.1. The molecule has 0 bridgehead atoms. The largest absolute Gasteiger partial charge is 0.131 e. The van der Waals surface area contributed by atoms with Crippen molar-refractivity contribution < 1.29 is 0 Å². The SMILES string of the molecule is CCCC(P)(C1CCCCC1)C1CCCCC1. The Morgan fingerprint density at radius 3 is 1.59 bits per heavy atom. The van der Waals surface area contributed by atoms with Crippen LogP contribution >= 0.6 is 9.24 Å². The van der Waals surface area contributed by atoms with Gasteiger partial charge in [-0.25, -0.2) is 0 Å². The molecule has 100 valence electrons. The Hall–Kier alpha value is 0.430. The van der Waals surface area contributed by atoms with Crippen LogP contribution in [0.2, 0.25) is 0 Å². The van der Waals surface area contributed by atoms with Gasteiger partial charge in [0.1, 0.15) is 0 Å². The summed E-state index contributed by atoms with van der Waals surface area (Å²) < 4.78 is 0. The number of rotatable bonds is 4. The van der Waals surface area contributed by atoms with Crippen LogP contribution in [0.15, 0.2) is 0 Å². The van der Waals surface area contributed by atoms with Gasteiger partial charge in [-0.2, -0.15) is 0 Å². The average Bonchev–Trinajstić information content (AvgIpc) is 2.41. The summed E-state index contributed by atoms with van der Waals surface area (Å²) in [5.74, 6) is 2.04. The molecule has 0 aromatic rings. The van der Waals surface area contributed by atoms with Gasteiger partial charge >= 0.3 is 0 Å². The summed E-state index contributed by atoms with van der Waals surface area (Å²) in [7, 11) is 3.37. The second-order valence-electron chi connectivity index (χ2n) is 6.53. The van der Waals surface area contributed by atoms with Gasteiger partial charge in [-0.1, -0.05) is 51.9 Å². The molecule has 0 radical (unpaired) electrons. The minimum atomic E-state index is 0.607. The minimum absolute atomic E-state index is 0.607. The second-order valence-corrected chi connectivity index (χ2v) is 7.61. The Morgan fingerprint density at radius 2 is 1.24 bits per heavy atom. The summed E-state index contributed by atoms with van der Waals surface area (Å²) in [5, 5.41) is 0.607. The van der Waals surface area contributed by atoms with E-state index in [1.165, 1.54) is 77.0 Å². The van der Waals surface area contributed by atoms with Gasteiger partial charge in [-0.05, 0) is 49.1 Å². The normalized spacial score (nSPS) is 25.1. The Kier molecular flexibility index (Phi) is 5.34. The van der Waals surface area contributed by atoms with Crippen molar-refractivity contribution in [3.8, 4) is 0 Å². The van der Waals surface area contributed by atoms with Crippen molar-refractivity contribution >= 4 is 9.24 Å². The molecule has 2 fully saturated rings. The third-order valence-corrected chi connectivity index (χ3v) is 6.64. The van der Waals surface area contributed by atoms with Crippen molar-refractivity contribution in [3.05, 3.63) is 0 Å². The summed E-state index contributed by atoms with van der Waals surface area (Å²) >= 11 is 0. The molecule has 0 aliphatic heterocycles. The molecule has 0 N–H and O–H groups in total. The van der Waals surface area contributed by atoms with Crippen LogP contribution in [-0.2, 0) is 0 Å². The second kappa shape index (κ2) is 6.55. The monoisotopic (exact) mass is 254 g/mol. The van der Waals surface area contributed by atoms with E-state index in [0.717, 1.165) is 11.8 Å². The van der Waals surface area contributed by atoms with Crippen molar-refractivity contribution in [1.29, 1.82) is 0 Å². The van der Waals surface area contributed by atoms with Crippen molar-refractivity contribution in [2.75, 3.05) is 0 Å². The fourth-order valence-electron chi connectivity index (χ4n) is 4.45. The molecule has 0 saturated heterocycles. The summed E-state index contributed by atoms with van der Waals surface area (Å²) in [6.07, 6.45) is 17.9. The van der Waals surface area contributed by atoms with Crippen LogP contribution in [0.5, 0.6) is 0 Å². The molecule has 0 amide bonds. The maximum atomic E-state index is 3.37. The van der Waals surface area contributed by atoms with E-state index in [0.29, 0.717) is 5.16 Å². The first-order valence-corrected chi connectivity index (χ1v) is 8.64. The quantitative estimate of drug-likeness (QED) is 0.576. The molecular formula is C16H31P. The highest BCUT2D eigenvalue weighted by atomic mass is 31.0. The molecule has 0 heterocycles. The van der Waals surface area contributed by atoms with Gasteiger partial charge < -0.3 is 0 Å². The van der Waals surface area contributed by atoms with Crippen LogP contribution in [0.3, 0.4) is 0 Å². The van der Waals surface area contributed by atoms with E-state index in [2.05, 4.69) is 16.2 Å². The van der Waals surface area contributed by atoms with E-state index < -0.39 is 0 Å². The van der Waals surface area contributed by atoms with Gasteiger partial charge in [0.15, 0.2) is 0 Å². The molecule has 0 aromatic carbocycles. The molecule has 2 aliphatic rings. The highest BCUT2D eigenvalue weighted by molar-refractivity contribution is 7.19. The lowest BCUT2D eigenvalue weighted by Crippen LogP contribution is -2.41. The smallest absolute Gasteiger partial charge is 0.00939 e. The van der Waals surface area contributed by atoms with Crippen molar-refractivity contribution in [1.82, 2.24) is 0 Å². The van der Waals surface area contributed by atoms with Crippen LogP contribution < -0.4 is 0 Å². The van der Waals surface area contributed by atoms with Crippen LogP contribution in [0, 0.1) is 11.8 Å². The lowest BCUT2D eigenvalue weighted by molar-refractivity contribution is 0.164. The highest BCUT2D eigenvalue weighted by Gasteiger charge is 2.41. The van der Waals surface area contributed by atoms with Crippen LogP contribution in [0.25, 0.3) is 0 Å². The summed E-state index contributed by atoms with van der Waals surface area (Å²) in [6.45, 7) is 2.38. The first-order chi connectivity index (χ1) is 8.27. The summed E-state index contributed by atoms with van der Waals surface area (Å²) in [6, 6.07) is 0. The minimum Gasteiger partial charge on any atom is -0.131 e. The van der Waals surface area contributed by atoms with Gasteiger partial charge in [-0.15, -0.1) is 9.24 Å². The Bertz CT molecular complexity index is 194.